The lowest BCUT2D eigenvalue weighted by molar-refractivity contribution is -0.384. The van der Waals surface area contributed by atoms with Gasteiger partial charge in [-0.25, -0.2) is 0 Å². The van der Waals surface area contributed by atoms with E-state index in [1.54, 1.807) is 12.1 Å². The molecule has 0 saturated carbocycles. The van der Waals surface area contributed by atoms with Crippen molar-refractivity contribution >= 4 is 17.3 Å². The molecule has 0 aromatic heterocycles. The van der Waals surface area contributed by atoms with Crippen molar-refractivity contribution in [2.24, 2.45) is 0 Å². The van der Waals surface area contributed by atoms with Gasteiger partial charge in [-0.3, -0.25) is 10.1 Å². The molecular weight excluding hydrogens is 290 g/mol. The molecule has 5 heteroatoms. The van der Waals surface area contributed by atoms with Crippen molar-refractivity contribution in [2.45, 2.75) is 18.7 Å². The highest BCUT2D eigenvalue weighted by atomic mass is 35.5. The van der Waals surface area contributed by atoms with Gasteiger partial charge in [0, 0.05) is 17.7 Å². The number of halogens is 1. The van der Waals surface area contributed by atoms with Crippen LogP contribution in [-0.4, -0.2) is 11.5 Å². The number of hydrogen-bond donors (Lipinski definition) is 0. The first-order valence-corrected chi connectivity index (χ1v) is 7.14. The van der Waals surface area contributed by atoms with Crippen molar-refractivity contribution in [2.75, 3.05) is 6.61 Å². The molecule has 0 amide bonds. The smallest absolute Gasteiger partial charge is 0.269 e. The molecule has 2 aromatic carbocycles. The van der Waals surface area contributed by atoms with E-state index >= 15 is 0 Å². The second-order valence-electron chi connectivity index (χ2n) is 4.57. The van der Waals surface area contributed by atoms with E-state index in [-0.39, 0.29) is 11.1 Å². The molecule has 2 aromatic rings. The van der Waals surface area contributed by atoms with Crippen molar-refractivity contribution in [1.29, 1.82) is 0 Å². The van der Waals surface area contributed by atoms with Gasteiger partial charge in [0.2, 0.25) is 0 Å². The normalized spacial score (nSPS) is 11.9. The molecule has 21 heavy (non-hydrogen) atoms. The van der Waals surface area contributed by atoms with Gasteiger partial charge >= 0.3 is 0 Å². The Bertz CT molecular complexity index is 613. The van der Waals surface area contributed by atoms with Gasteiger partial charge in [0.1, 0.15) is 5.75 Å². The van der Waals surface area contributed by atoms with E-state index in [2.05, 4.69) is 0 Å². The fraction of sp³-hybridized carbons (Fsp3) is 0.250. The topological polar surface area (TPSA) is 52.4 Å². The minimum absolute atomic E-state index is 0.0830. The zero-order valence-electron chi connectivity index (χ0n) is 11.7. The summed E-state index contributed by atoms with van der Waals surface area (Å²) < 4.78 is 5.57. The first kappa shape index (κ1) is 15.3. The van der Waals surface area contributed by atoms with Crippen LogP contribution in [0.5, 0.6) is 5.75 Å². The summed E-state index contributed by atoms with van der Waals surface area (Å²) in [4.78, 5) is 10.2. The van der Waals surface area contributed by atoms with Crippen molar-refractivity contribution in [3.63, 3.8) is 0 Å². The molecular formula is C16H16ClNO3. The maximum Gasteiger partial charge on any atom is 0.269 e. The quantitative estimate of drug-likeness (QED) is 0.448. The van der Waals surface area contributed by atoms with E-state index < -0.39 is 4.92 Å². The van der Waals surface area contributed by atoms with Crippen molar-refractivity contribution < 1.29 is 9.66 Å². The Labute approximate surface area is 128 Å². The van der Waals surface area contributed by atoms with E-state index in [4.69, 9.17) is 16.3 Å². The third-order valence-electron chi connectivity index (χ3n) is 3.12. The fourth-order valence-electron chi connectivity index (χ4n) is 2.10. The van der Waals surface area contributed by atoms with Crippen LogP contribution in [0.3, 0.4) is 0 Å². The van der Waals surface area contributed by atoms with Crippen LogP contribution >= 0.6 is 11.6 Å². The van der Waals surface area contributed by atoms with Crippen molar-refractivity contribution in [3.05, 3.63) is 69.8 Å². The second kappa shape index (κ2) is 7.09. The number of para-hydroxylation sites is 1. The molecule has 0 aliphatic carbocycles. The van der Waals surface area contributed by atoms with Crippen molar-refractivity contribution in [1.82, 2.24) is 0 Å². The fourth-order valence-corrected chi connectivity index (χ4v) is 2.46. The van der Waals surface area contributed by atoms with Crippen LogP contribution in [0.1, 0.15) is 23.4 Å². The molecule has 2 rings (SSSR count). The zero-order valence-corrected chi connectivity index (χ0v) is 12.4. The third-order valence-corrected chi connectivity index (χ3v) is 3.51. The molecule has 0 saturated heterocycles. The lowest BCUT2D eigenvalue weighted by Crippen LogP contribution is -2.01. The third kappa shape index (κ3) is 3.95. The van der Waals surface area contributed by atoms with Gasteiger partial charge < -0.3 is 4.74 Å². The number of nitro benzene ring substituents is 1. The minimum Gasteiger partial charge on any atom is -0.494 e. The second-order valence-corrected chi connectivity index (χ2v) is 5.09. The molecule has 110 valence electrons. The lowest BCUT2D eigenvalue weighted by Gasteiger charge is -2.15. The Hall–Kier alpha value is -2.07. The van der Waals surface area contributed by atoms with Gasteiger partial charge in [-0.05, 0) is 25.0 Å². The minimum atomic E-state index is -0.410. The van der Waals surface area contributed by atoms with Crippen LogP contribution < -0.4 is 4.74 Å². The predicted molar refractivity (Wildman–Crippen MR) is 83.0 cm³/mol. The molecule has 0 spiro atoms. The number of nitro groups is 1. The summed E-state index contributed by atoms with van der Waals surface area (Å²) in [6.45, 7) is 2.51. The van der Waals surface area contributed by atoms with Gasteiger partial charge in [0.25, 0.3) is 5.69 Å². The van der Waals surface area contributed by atoms with Crippen LogP contribution in [0.25, 0.3) is 0 Å². The van der Waals surface area contributed by atoms with Crippen LogP contribution in [0.15, 0.2) is 48.5 Å². The van der Waals surface area contributed by atoms with E-state index in [1.807, 2.05) is 31.2 Å². The summed E-state index contributed by atoms with van der Waals surface area (Å²) in [5.74, 6) is 0.780. The van der Waals surface area contributed by atoms with Gasteiger partial charge in [-0.1, -0.05) is 30.3 Å². The largest absolute Gasteiger partial charge is 0.494 e. The summed E-state index contributed by atoms with van der Waals surface area (Å²) >= 11 is 6.47. The molecule has 0 N–H and O–H groups in total. The molecule has 0 fully saturated rings. The summed E-state index contributed by atoms with van der Waals surface area (Å²) in [6.07, 6.45) is 0.587. The summed E-state index contributed by atoms with van der Waals surface area (Å²) in [6, 6.07) is 14.1. The van der Waals surface area contributed by atoms with Crippen LogP contribution in [-0.2, 0) is 6.42 Å². The lowest BCUT2D eigenvalue weighted by atomic mass is 10.0. The SMILES string of the molecule is CCOc1ccccc1C(Cl)Cc1ccc([N+](=O)[O-])cc1. The van der Waals surface area contributed by atoms with E-state index in [0.717, 1.165) is 16.9 Å². The number of rotatable bonds is 6. The van der Waals surface area contributed by atoms with E-state index in [0.29, 0.717) is 13.0 Å². The Morgan fingerprint density at radius 2 is 1.86 bits per heavy atom. The van der Waals surface area contributed by atoms with Crippen LogP contribution in [0.4, 0.5) is 5.69 Å². The zero-order chi connectivity index (χ0) is 15.2. The number of non-ortho nitro benzene ring substituents is 1. The molecule has 0 heterocycles. The standard InChI is InChI=1S/C16H16ClNO3/c1-2-21-16-6-4-3-5-14(16)15(17)11-12-7-9-13(10-8-12)18(19)20/h3-10,15H,2,11H2,1H3. The first-order valence-electron chi connectivity index (χ1n) is 6.71. The molecule has 0 bridgehead atoms. The predicted octanol–water partition coefficient (Wildman–Crippen LogP) is 4.52. The average Bonchev–Trinajstić information content (AvgIpc) is 2.48. The number of benzene rings is 2. The Morgan fingerprint density at radius 3 is 2.48 bits per heavy atom. The average molecular weight is 306 g/mol. The van der Waals surface area contributed by atoms with Gasteiger partial charge in [0.15, 0.2) is 0 Å². The maximum atomic E-state index is 10.6. The van der Waals surface area contributed by atoms with Crippen LogP contribution in [0, 0.1) is 10.1 Å². The van der Waals surface area contributed by atoms with Crippen LogP contribution in [0.2, 0.25) is 0 Å². The molecule has 0 aliphatic rings. The summed E-state index contributed by atoms with van der Waals surface area (Å²) in [5, 5.41) is 10.4. The Kier molecular flexibility index (Phi) is 5.17. The maximum absolute atomic E-state index is 10.6. The number of hydrogen-bond acceptors (Lipinski definition) is 3. The van der Waals surface area contributed by atoms with E-state index in [1.165, 1.54) is 12.1 Å². The highest BCUT2D eigenvalue weighted by molar-refractivity contribution is 6.21. The number of alkyl halides is 1. The van der Waals surface area contributed by atoms with Gasteiger partial charge in [0.05, 0.1) is 16.9 Å². The van der Waals surface area contributed by atoms with E-state index in [9.17, 15) is 10.1 Å². The molecule has 1 atom stereocenters. The summed E-state index contributed by atoms with van der Waals surface area (Å²) in [7, 11) is 0. The number of nitrogens with zero attached hydrogens (tertiary/aromatic N) is 1. The summed E-state index contributed by atoms with van der Waals surface area (Å²) in [5.41, 5.74) is 1.96. The molecule has 1 unspecified atom stereocenters. The van der Waals surface area contributed by atoms with Gasteiger partial charge in [-0.15, -0.1) is 11.6 Å². The van der Waals surface area contributed by atoms with Gasteiger partial charge in [-0.2, -0.15) is 0 Å². The number of ether oxygens (including phenoxy) is 1. The molecule has 4 nitrogen and oxygen atoms in total. The Morgan fingerprint density at radius 1 is 1.19 bits per heavy atom. The highest BCUT2D eigenvalue weighted by Gasteiger charge is 2.14. The first-order chi connectivity index (χ1) is 10.1. The van der Waals surface area contributed by atoms with Crippen molar-refractivity contribution in [3.8, 4) is 5.75 Å². The molecule has 0 aliphatic heterocycles. The highest BCUT2D eigenvalue weighted by Crippen LogP contribution is 2.32. The monoisotopic (exact) mass is 305 g/mol. The Balaban J connectivity index is 2.14. The molecule has 0 radical (unpaired) electrons.